The normalized spacial score (nSPS) is 10.6. The molecule has 8 nitrogen and oxygen atoms in total. The van der Waals surface area contributed by atoms with Crippen LogP contribution in [0.25, 0.3) is 0 Å². The Morgan fingerprint density at radius 1 is 1.18 bits per heavy atom. The number of amides is 1. The van der Waals surface area contributed by atoms with E-state index in [-0.39, 0.29) is 41.0 Å². The minimum atomic E-state index is -0.589. The molecule has 2 aromatic rings. The maximum Gasteiger partial charge on any atom is 0.348 e. The first-order chi connectivity index (χ1) is 13.3. The van der Waals surface area contributed by atoms with Crippen molar-refractivity contribution in [2.24, 2.45) is 0 Å². The Morgan fingerprint density at radius 3 is 2.39 bits per heavy atom. The Morgan fingerprint density at radius 2 is 1.82 bits per heavy atom. The van der Waals surface area contributed by atoms with Crippen molar-refractivity contribution in [2.75, 3.05) is 18.5 Å². The zero-order valence-corrected chi connectivity index (χ0v) is 18.5. The van der Waals surface area contributed by atoms with E-state index in [1.54, 1.807) is 31.6 Å². The van der Waals surface area contributed by atoms with Gasteiger partial charge in [0.15, 0.2) is 0 Å². The van der Waals surface area contributed by atoms with E-state index in [0.29, 0.717) is 12.1 Å². The van der Waals surface area contributed by atoms with Gasteiger partial charge in [-0.3, -0.25) is 9.48 Å². The molecule has 0 saturated carbocycles. The number of ether oxygens (including phenoxy) is 2. The van der Waals surface area contributed by atoms with Gasteiger partial charge in [-0.25, -0.2) is 9.59 Å². The van der Waals surface area contributed by atoms with E-state index in [2.05, 4.69) is 26.3 Å². The smallest absolute Gasteiger partial charge is 0.348 e. The van der Waals surface area contributed by atoms with E-state index in [4.69, 9.17) is 9.47 Å². The van der Waals surface area contributed by atoms with Crippen molar-refractivity contribution in [1.82, 2.24) is 9.78 Å². The van der Waals surface area contributed by atoms with E-state index in [0.717, 1.165) is 21.5 Å². The van der Waals surface area contributed by atoms with Crippen LogP contribution in [-0.2, 0) is 20.8 Å². The van der Waals surface area contributed by atoms with E-state index >= 15 is 0 Å². The third-order valence-electron chi connectivity index (χ3n) is 3.93. The summed E-state index contributed by atoms with van der Waals surface area (Å²) in [6, 6.07) is 0. The zero-order chi connectivity index (χ0) is 20.8. The topological polar surface area (TPSA) is 99.5 Å². The number of rotatable bonds is 8. The maximum atomic E-state index is 12.4. The van der Waals surface area contributed by atoms with Crippen molar-refractivity contribution in [3.8, 4) is 0 Å². The molecule has 0 unspecified atom stereocenters. The van der Waals surface area contributed by atoms with Crippen LogP contribution in [0, 0.1) is 13.8 Å². The molecule has 1 N–H and O–H groups in total. The summed E-state index contributed by atoms with van der Waals surface area (Å²) in [6.45, 7) is 7.69. The quantitative estimate of drug-likeness (QED) is 0.589. The third kappa shape index (κ3) is 4.99. The number of halogens is 1. The van der Waals surface area contributed by atoms with Gasteiger partial charge in [-0.1, -0.05) is 0 Å². The molecule has 0 bridgehead atoms. The average molecular weight is 472 g/mol. The van der Waals surface area contributed by atoms with Crippen LogP contribution in [0.15, 0.2) is 10.7 Å². The van der Waals surface area contributed by atoms with Crippen molar-refractivity contribution < 1.29 is 23.9 Å². The number of carbonyl (C=O) groups excluding carboxylic acids is 3. The lowest BCUT2D eigenvalue weighted by Crippen LogP contribution is -2.17. The van der Waals surface area contributed by atoms with Gasteiger partial charge in [-0.05, 0) is 49.2 Å². The predicted octanol–water partition coefficient (Wildman–Crippen LogP) is 3.71. The molecule has 0 fully saturated rings. The summed E-state index contributed by atoms with van der Waals surface area (Å²) in [5, 5.41) is 7.19. The van der Waals surface area contributed by atoms with Crippen LogP contribution in [0.1, 0.15) is 51.6 Å². The molecule has 2 rings (SSSR count). The number of carbonyl (C=O) groups is 3. The summed E-state index contributed by atoms with van der Waals surface area (Å²) in [5.74, 6) is -1.42. The summed E-state index contributed by atoms with van der Waals surface area (Å²) in [4.78, 5) is 37.2. The molecule has 28 heavy (non-hydrogen) atoms. The number of hydrogen-bond acceptors (Lipinski definition) is 7. The molecule has 0 saturated heterocycles. The van der Waals surface area contributed by atoms with Crippen LogP contribution in [-0.4, -0.2) is 40.8 Å². The fraction of sp³-hybridized carbons (Fsp3) is 0.444. The molecule has 10 heteroatoms. The molecule has 0 aromatic carbocycles. The summed E-state index contributed by atoms with van der Waals surface area (Å²) in [6.07, 6.45) is 1.82. The van der Waals surface area contributed by atoms with Crippen molar-refractivity contribution in [3.05, 3.63) is 32.4 Å². The van der Waals surface area contributed by atoms with Gasteiger partial charge in [0.1, 0.15) is 9.88 Å². The standard InChI is InChI=1S/C18H22BrN3O5S/c1-5-26-17(24)14-10(3)15(18(25)27-6-2)28-16(14)21-13(23)7-8-22-11(4)12(19)9-20-22/h9H,5-8H2,1-4H3,(H,21,23). The van der Waals surface area contributed by atoms with Gasteiger partial charge in [0.2, 0.25) is 5.91 Å². The van der Waals surface area contributed by atoms with E-state index < -0.39 is 11.9 Å². The van der Waals surface area contributed by atoms with Crippen LogP contribution in [0.3, 0.4) is 0 Å². The van der Waals surface area contributed by atoms with Gasteiger partial charge in [0, 0.05) is 12.1 Å². The number of thiophene rings is 1. The fourth-order valence-electron chi connectivity index (χ4n) is 2.49. The van der Waals surface area contributed by atoms with Gasteiger partial charge in [0.05, 0.1) is 36.0 Å². The van der Waals surface area contributed by atoms with E-state index in [1.807, 2.05) is 6.92 Å². The molecule has 0 spiro atoms. The lowest BCUT2D eigenvalue weighted by atomic mass is 10.1. The third-order valence-corrected chi connectivity index (χ3v) is 5.90. The van der Waals surface area contributed by atoms with Crippen molar-refractivity contribution in [2.45, 2.75) is 40.7 Å². The van der Waals surface area contributed by atoms with Gasteiger partial charge >= 0.3 is 11.9 Å². The molecule has 152 valence electrons. The number of esters is 2. The van der Waals surface area contributed by atoms with Crippen LogP contribution < -0.4 is 5.32 Å². The molecular formula is C18H22BrN3O5S. The Bertz CT molecular complexity index is 890. The molecule has 0 aliphatic carbocycles. The molecule has 0 aliphatic rings. The number of hydrogen-bond donors (Lipinski definition) is 1. The minimum absolute atomic E-state index is 0.156. The summed E-state index contributed by atoms with van der Waals surface area (Å²) in [7, 11) is 0. The summed E-state index contributed by atoms with van der Waals surface area (Å²) >= 11 is 4.38. The largest absolute Gasteiger partial charge is 0.462 e. The second-order valence-corrected chi connectivity index (χ2v) is 7.68. The maximum absolute atomic E-state index is 12.4. The minimum Gasteiger partial charge on any atom is -0.462 e. The van der Waals surface area contributed by atoms with Crippen LogP contribution >= 0.6 is 27.3 Å². The second-order valence-electron chi connectivity index (χ2n) is 5.80. The number of aromatic nitrogens is 2. The molecule has 0 aliphatic heterocycles. The Labute approximate surface area is 175 Å². The van der Waals surface area contributed by atoms with Gasteiger partial charge in [0.25, 0.3) is 0 Å². The number of aryl methyl sites for hydroxylation is 1. The molecular weight excluding hydrogens is 450 g/mol. The first kappa shape index (κ1) is 22.1. The van der Waals surface area contributed by atoms with Crippen molar-refractivity contribution in [1.29, 1.82) is 0 Å². The number of nitrogens with zero attached hydrogens (tertiary/aromatic N) is 2. The summed E-state index contributed by atoms with van der Waals surface area (Å²) < 4.78 is 12.7. The Kier molecular flexibility index (Phi) is 7.76. The highest BCUT2D eigenvalue weighted by molar-refractivity contribution is 9.10. The van der Waals surface area contributed by atoms with E-state index in [1.165, 1.54) is 0 Å². The fourth-order valence-corrected chi connectivity index (χ4v) is 3.89. The lowest BCUT2D eigenvalue weighted by Gasteiger charge is -2.08. The monoisotopic (exact) mass is 471 g/mol. The van der Waals surface area contributed by atoms with Crippen LogP contribution in [0.5, 0.6) is 0 Å². The van der Waals surface area contributed by atoms with Crippen molar-refractivity contribution in [3.63, 3.8) is 0 Å². The predicted molar refractivity (Wildman–Crippen MR) is 109 cm³/mol. The molecule has 2 heterocycles. The first-order valence-electron chi connectivity index (χ1n) is 8.75. The van der Waals surface area contributed by atoms with E-state index in [9.17, 15) is 14.4 Å². The van der Waals surface area contributed by atoms with Gasteiger partial charge in [-0.2, -0.15) is 5.10 Å². The first-order valence-corrected chi connectivity index (χ1v) is 10.4. The SMILES string of the molecule is CCOC(=O)c1sc(NC(=O)CCn2ncc(Br)c2C)c(C(=O)OCC)c1C. The second kappa shape index (κ2) is 9.83. The highest BCUT2D eigenvalue weighted by Gasteiger charge is 2.27. The molecule has 1 amide bonds. The van der Waals surface area contributed by atoms with Crippen LogP contribution in [0.4, 0.5) is 5.00 Å². The summed E-state index contributed by atoms with van der Waals surface area (Å²) in [5.41, 5.74) is 1.53. The van der Waals surface area contributed by atoms with Gasteiger partial charge < -0.3 is 14.8 Å². The number of nitrogens with one attached hydrogen (secondary N) is 1. The van der Waals surface area contributed by atoms with Crippen LogP contribution in [0.2, 0.25) is 0 Å². The highest BCUT2D eigenvalue weighted by atomic mass is 79.9. The molecule has 2 aromatic heterocycles. The molecule has 0 radical (unpaired) electrons. The average Bonchev–Trinajstić information content (AvgIpc) is 3.13. The number of anilines is 1. The lowest BCUT2D eigenvalue weighted by molar-refractivity contribution is -0.116. The van der Waals surface area contributed by atoms with Crippen molar-refractivity contribution >= 4 is 50.1 Å². The zero-order valence-electron chi connectivity index (χ0n) is 16.1. The Hall–Kier alpha value is -2.20. The van der Waals surface area contributed by atoms with Gasteiger partial charge in [-0.15, -0.1) is 11.3 Å². The molecule has 0 atom stereocenters. The Balaban J connectivity index is 2.21. The highest BCUT2D eigenvalue weighted by Crippen LogP contribution is 2.34.